The summed E-state index contributed by atoms with van der Waals surface area (Å²) >= 11 is 1.69. The van der Waals surface area contributed by atoms with Crippen LogP contribution in [0.4, 0.5) is 0 Å². The van der Waals surface area contributed by atoms with Crippen LogP contribution in [0, 0.1) is 6.92 Å². The molecule has 15 heavy (non-hydrogen) atoms. The lowest BCUT2D eigenvalue weighted by Crippen LogP contribution is -2.35. The quantitative estimate of drug-likeness (QED) is 0.875. The normalized spacial score (nSPS) is 26.7. The zero-order chi connectivity index (χ0) is 10.7. The predicted molar refractivity (Wildman–Crippen MR) is 64.6 cm³/mol. The van der Waals surface area contributed by atoms with Crippen molar-refractivity contribution >= 4 is 22.1 Å². The lowest BCUT2D eigenvalue weighted by molar-refractivity contribution is 0.472. The summed E-state index contributed by atoms with van der Waals surface area (Å²) in [6, 6.07) is 0.532. The Labute approximate surface area is 96.8 Å². The number of hydrogen-bond acceptors (Lipinski definition) is 4. The highest BCUT2D eigenvalue weighted by molar-refractivity contribution is 7.85. The number of aromatic nitrogens is 1. The molecule has 84 valence electrons. The summed E-state index contributed by atoms with van der Waals surface area (Å²) in [6.45, 7) is 2.87. The fraction of sp³-hybridized carbons (Fsp3) is 0.700. The SMILES string of the molecule is Cc1nc(CNC2CCS(=O)CC2)cs1. The van der Waals surface area contributed by atoms with E-state index >= 15 is 0 Å². The number of nitrogens with zero attached hydrogens (tertiary/aromatic N) is 1. The molecule has 2 heterocycles. The minimum Gasteiger partial charge on any atom is -0.308 e. The average molecular weight is 244 g/mol. The van der Waals surface area contributed by atoms with Gasteiger partial charge in [0.2, 0.25) is 0 Å². The summed E-state index contributed by atoms with van der Waals surface area (Å²) < 4.78 is 11.2. The number of aryl methyl sites for hydroxylation is 1. The molecule has 1 aliphatic rings. The van der Waals surface area contributed by atoms with Crippen molar-refractivity contribution in [1.29, 1.82) is 0 Å². The summed E-state index contributed by atoms with van der Waals surface area (Å²) in [7, 11) is -0.558. The molecular formula is C10H16N2OS2. The highest BCUT2D eigenvalue weighted by Gasteiger charge is 2.17. The standard InChI is InChI=1S/C10H16N2OS2/c1-8-12-10(7-14-8)6-11-9-2-4-15(13)5-3-9/h7,9,11H,2-6H2,1H3. The van der Waals surface area contributed by atoms with E-state index in [1.54, 1.807) is 11.3 Å². The summed E-state index contributed by atoms with van der Waals surface area (Å²) in [5.41, 5.74) is 1.13. The van der Waals surface area contributed by atoms with Gasteiger partial charge in [0.15, 0.2) is 0 Å². The van der Waals surface area contributed by atoms with Crippen LogP contribution in [0.25, 0.3) is 0 Å². The summed E-state index contributed by atoms with van der Waals surface area (Å²) in [5, 5.41) is 6.70. The first-order valence-corrected chi connectivity index (χ1v) is 7.60. The Balaban J connectivity index is 1.76. The van der Waals surface area contributed by atoms with Gasteiger partial charge < -0.3 is 5.32 Å². The topological polar surface area (TPSA) is 42.0 Å². The minimum atomic E-state index is -0.558. The highest BCUT2D eigenvalue weighted by Crippen LogP contribution is 2.11. The number of thiazole rings is 1. The number of hydrogen-bond donors (Lipinski definition) is 1. The van der Waals surface area contributed by atoms with Gasteiger partial charge in [-0.3, -0.25) is 4.21 Å². The van der Waals surface area contributed by atoms with Crippen LogP contribution >= 0.6 is 11.3 Å². The van der Waals surface area contributed by atoms with Gasteiger partial charge in [0.1, 0.15) is 0 Å². The van der Waals surface area contributed by atoms with Gasteiger partial charge in [-0.1, -0.05) is 0 Å². The maximum atomic E-state index is 11.2. The molecule has 0 aliphatic carbocycles. The van der Waals surface area contributed by atoms with Crippen LogP contribution in [-0.2, 0) is 17.3 Å². The van der Waals surface area contributed by atoms with Gasteiger partial charge >= 0.3 is 0 Å². The van der Waals surface area contributed by atoms with Crippen molar-refractivity contribution in [3.8, 4) is 0 Å². The lowest BCUT2D eigenvalue weighted by atomic mass is 10.1. The first-order valence-electron chi connectivity index (χ1n) is 5.23. The molecule has 1 aromatic heterocycles. The van der Waals surface area contributed by atoms with E-state index in [-0.39, 0.29) is 0 Å². The van der Waals surface area contributed by atoms with Crippen molar-refractivity contribution in [1.82, 2.24) is 10.3 Å². The molecule has 1 aromatic rings. The molecule has 0 bridgehead atoms. The van der Waals surface area contributed by atoms with E-state index in [0.717, 1.165) is 41.6 Å². The third kappa shape index (κ3) is 3.36. The number of nitrogens with one attached hydrogen (secondary N) is 1. The molecule has 0 unspecified atom stereocenters. The highest BCUT2D eigenvalue weighted by atomic mass is 32.2. The van der Waals surface area contributed by atoms with Crippen LogP contribution in [0.5, 0.6) is 0 Å². The molecule has 1 saturated heterocycles. The zero-order valence-electron chi connectivity index (χ0n) is 8.86. The molecule has 1 fully saturated rings. The Kier molecular flexibility index (Phi) is 3.88. The van der Waals surface area contributed by atoms with Gasteiger partial charge in [-0.2, -0.15) is 0 Å². The summed E-state index contributed by atoms with van der Waals surface area (Å²) in [4.78, 5) is 4.41. The van der Waals surface area contributed by atoms with Crippen LogP contribution in [0.2, 0.25) is 0 Å². The van der Waals surface area contributed by atoms with Crippen molar-refractivity contribution in [2.45, 2.75) is 32.4 Å². The molecule has 1 aliphatic heterocycles. The maximum Gasteiger partial charge on any atom is 0.0897 e. The van der Waals surface area contributed by atoms with Crippen molar-refractivity contribution in [2.75, 3.05) is 11.5 Å². The smallest absolute Gasteiger partial charge is 0.0897 e. The van der Waals surface area contributed by atoms with Crippen molar-refractivity contribution in [2.24, 2.45) is 0 Å². The van der Waals surface area contributed by atoms with Crippen LogP contribution in [0.15, 0.2) is 5.38 Å². The van der Waals surface area contributed by atoms with E-state index < -0.39 is 10.8 Å². The molecule has 0 atom stereocenters. The molecule has 0 saturated carbocycles. The van der Waals surface area contributed by atoms with Gasteiger partial charge in [-0.05, 0) is 19.8 Å². The predicted octanol–water partition coefficient (Wildman–Crippen LogP) is 1.45. The Morgan fingerprint density at radius 1 is 1.60 bits per heavy atom. The first-order chi connectivity index (χ1) is 7.24. The van der Waals surface area contributed by atoms with E-state index in [9.17, 15) is 4.21 Å². The van der Waals surface area contributed by atoms with Crippen molar-refractivity contribution in [3.05, 3.63) is 16.1 Å². The van der Waals surface area contributed by atoms with Crippen LogP contribution in [0.3, 0.4) is 0 Å². The Hall–Kier alpha value is -0.260. The Bertz CT molecular complexity index is 341. The van der Waals surface area contributed by atoms with Gasteiger partial charge in [-0.25, -0.2) is 4.98 Å². The Morgan fingerprint density at radius 2 is 2.33 bits per heavy atom. The van der Waals surface area contributed by atoms with Gasteiger partial charge in [0.25, 0.3) is 0 Å². The van der Waals surface area contributed by atoms with E-state index in [2.05, 4.69) is 15.7 Å². The van der Waals surface area contributed by atoms with Crippen LogP contribution in [-0.4, -0.2) is 26.7 Å². The molecule has 0 amide bonds. The third-order valence-electron chi connectivity index (χ3n) is 2.63. The second-order valence-corrected chi connectivity index (χ2v) is 6.62. The fourth-order valence-corrected chi connectivity index (χ4v) is 3.65. The van der Waals surface area contributed by atoms with E-state index in [4.69, 9.17) is 0 Å². The van der Waals surface area contributed by atoms with E-state index in [1.165, 1.54) is 0 Å². The number of rotatable bonds is 3. The van der Waals surface area contributed by atoms with E-state index in [0.29, 0.717) is 6.04 Å². The fourth-order valence-electron chi connectivity index (χ4n) is 1.74. The van der Waals surface area contributed by atoms with Crippen molar-refractivity contribution < 1.29 is 4.21 Å². The maximum absolute atomic E-state index is 11.2. The molecule has 0 radical (unpaired) electrons. The molecule has 3 nitrogen and oxygen atoms in total. The summed E-state index contributed by atoms with van der Waals surface area (Å²) in [6.07, 6.45) is 2.07. The zero-order valence-corrected chi connectivity index (χ0v) is 10.5. The molecule has 0 aromatic carbocycles. The summed E-state index contributed by atoms with van der Waals surface area (Å²) in [5.74, 6) is 1.71. The van der Waals surface area contributed by atoms with Crippen molar-refractivity contribution in [3.63, 3.8) is 0 Å². The largest absolute Gasteiger partial charge is 0.308 e. The second kappa shape index (κ2) is 5.18. The molecule has 2 rings (SSSR count). The Morgan fingerprint density at radius 3 is 2.93 bits per heavy atom. The van der Waals surface area contributed by atoms with E-state index in [1.807, 2.05) is 6.92 Å². The van der Waals surface area contributed by atoms with Gasteiger partial charge in [0, 0.05) is 40.3 Å². The first kappa shape index (κ1) is 11.2. The monoisotopic (exact) mass is 244 g/mol. The van der Waals surface area contributed by atoms with Gasteiger partial charge in [0.05, 0.1) is 10.7 Å². The second-order valence-electron chi connectivity index (χ2n) is 3.86. The molecule has 5 heteroatoms. The van der Waals surface area contributed by atoms with Crippen LogP contribution < -0.4 is 5.32 Å². The molecule has 1 N–H and O–H groups in total. The lowest BCUT2D eigenvalue weighted by Gasteiger charge is -2.22. The third-order valence-corrected chi connectivity index (χ3v) is 4.83. The van der Waals surface area contributed by atoms with Gasteiger partial charge in [-0.15, -0.1) is 11.3 Å². The minimum absolute atomic E-state index is 0.532. The molecule has 0 spiro atoms. The molecular weight excluding hydrogens is 228 g/mol. The van der Waals surface area contributed by atoms with Crippen LogP contribution in [0.1, 0.15) is 23.5 Å². The average Bonchev–Trinajstić information content (AvgIpc) is 2.64.